The number of carbonyl (C=O) groups excluding carboxylic acids is 1. The van der Waals surface area contributed by atoms with Crippen molar-refractivity contribution >= 4 is 23.6 Å². The summed E-state index contributed by atoms with van der Waals surface area (Å²) in [5.74, 6) is 0.722. The van der Waals surface area contributed by atoms with Crippen LogP contribution in [0.1, 0.15) is 12.8 Å². The average Bonchev–Trinajstić information content (AvgIpc) is 2.24. The molecule has 0 bridgehead atoms. The van der Waals surface area contributed by atoms with E-state index in [4.69, 9.17) is 16.9 Å². The van der Waals surface area contributed by atoms with E-state index in [9.17, 15) is 4.79 Å². The van der Waals surface area contributed by atoms with Gasteiger partial charge in [0, 0.05) is 18.8 Å². The first-order valence-electron chi connectivity index (χ1n) is 5.18. The molecule has 0 fully saturated rings. The highest BCUT2D eigenvalue weighted by Crippen LogP contribution is 1.94. The van der Waals surface area contributed by atoms with Crippen LogP contribution in [-0.2, 0) is 4.79 Å². The summed E-state index contributed by atoms with van der Waals surface area (Å²) in [5.41, 5.74) is 10.8. The van der Waals surface area contributed by atoms with Crippen molar-refractivity contribution in [2.24, 2.45) is 11.5 Å². The molecule has 0 rings (SSSR count). The third-order valence-corrected chi connectivity index (χ3v) is 2.56. The Morgan fingerprint density at radius 2 is 2.12 bits per heavy atom. The van der Waals surface area contributed by atoms with Crippen molar-refractivity contribution in [3.63, 3.8) is 0 Å². The Bertz CT molecular complexity index is 224. The van der Waals surface area contributed by atoms with Crippen LogP contribution in [-0.4, -0.2) is 43.0 Å². The molecule has 7 heteroatoms. The van der Waals surface area contributed by atoms with Crippen molar-refractivity contribution < 1.29 is 4.79 Å². The van der Waals surface area contributed by atoms with E-state index in [0.29, 0.717) is 19.5 Å². The summed E-state index contributed by atoms with van der Waals surface area (Å²) in [6, 6.07) is -0.476. The number of nitrogens with two attached hydrogens (primary N) is 2. The van der Waals surface area contributed by atoms with E-state index in [1.807, 2.05) is 6.26 Å². The first-order valence-corrected chi connectivity index (χ1v) is 6.57. The van der Waals surface area contributed by atoms with Crippen molar-refractivity contribution in [2.45, 2.75) is 18.9 Å². The summed E-state index contributed by atoms with van der Waals surface area (Å²) in [7, 11) is 0. The van der Waals surface area contributed by atoms with E-state index < -0.39 is 6.04 Å². The topological polar surface area (TPSA) is 117 Å². The van der Waals surface area contributed by atoms with E-state index in [1.165, 1.54) is 0 Å². The maximum Gasteiger partial charge on any atom is 0.236 e. The molecule has 0 aromatic heterocycles. The fraction of sp³-hybridized carbons (Fsp3) is 0.778. The third-order valence-electron chi connectivity index (χ3n) is 1.95. The molecular formula is C9H21N5OS. The van der Waals surface area contributed by atoms with Crippen LogP contribution in [0, 0.1) is 5.41 Å². The summed E-state index contributed by atoms with van der Waals surface area (Å²) in [6.07, 6.45) is 3.29. The number of rotatable bonds is 8. The van der Waals surface area contributed by atoms with Crippen molar-refractivity contribution in [2.75, 3.05) is 25.1 Å². The number of hydrogen-bond acceptors (Lipinski definition) is 4. The Labute approximate surface area is 100 Å². The smallest absolute Gasteiger partial charge is 0.236 e. The minimum absolute atomic E-state index is 0.0574. The lowest BCUT2D eigenvalue weighted by Crippen LogP contribution is -2.42. The second kappa shape index (κ2) is 9.29. The summed E-state index contributed by atoms with van der Waals surface area (Å²) < 4.78 is 0. The highest BCUT2D eigenvalue weighted by molar-refractivity contribution is 7.98. The van der Waals surface area contributed by atoms with Crippen LogP contribution in [0.5, 0.6) is 0 Å². The molecule has 1 amide bonds. The zero-order valence-corrected chi connectivity index (χ0v) is 10.4. The Balaban J connectivity index is 3.51. The van der Waals surface area contributed by atoms with E-state index >= 15 is 0 Å². The number of thioether (sulfide) groups is 1. The SMILES string of the molecule is CSCCNC(=O)C(N)CCCNC(=N)N. The predicted molar refractivity (Wildman–Crippen MR) is 68.5 cm³/mol. The lowest BCUT2D eigenvalue weighted by Gasteiger charge is -2.12. The summed E-state index contributed by atoms with van der Waals surface area (Å²) in [5, 5.41) is 12.4. The molecule has 0 spiro atoms. The second-order valence-corrected chi connectivity index (χ2v) is 4.36. The van der Waals surface area contributed by atoms with Gasteiger partial charge in [0.05, 0.1) is 6.04 Å². The molecule has 0 radical (unpaired) electrons. The third kappa shape index (κ3) is 8.37. The van der Waals surface area contributed by atoms with Gasteiger partial charge in [-0.15, -0.1) is 0 Å². The van der Waals surface area contributed by atoms with Gasteiger partial charge in [-0.05, 0) is 19.1 Å². The molecule has 0 aliphatic carbocycles. The Morgan fingerprint density at radius 3 is 2.69 bits per heavy atom. The van der Waals surface area contributed by atoms with E-state index in [2.05, 4.69) is 10.6 Å². The highest BCUT2D eigenvalue weighted by atomic mass is 32.2. The molecule has 0 aromatic carbocycles. The normalized spacial score (nSPS) is 11.9. The molecule has 1 unspecified atom stereocenters. The number of nitrogens with one attached hydrogen (secondary N) is 3. The fourth-order valence-corrected chi connectivity index (χ4v) is 1.39. The summed E-state index contributed by atoms with van der Waals surface area (Å²) in [4.78, 5) is 11.4. The zero-order valence-electron chi connectivity index (χ0n) is 9.58. The number of hydrogen-bond donors (Lipinski definition) is 5. The molecule has 0 saturated carbocycles. The van der Waals surface area contributed by atoms with Crippen molar-refractivity contribution in [3.8, 4) is 0 Å². The van der Waals surface area contributed by atoms with Gasteiger partial charge in [0.2, 0.25) is 5.91 Å². The molecule has 7 N–H and O–H groups in total. The Kier molecular flexibility index (Phi) is 8.74. The van der Waals surface area contributed by atoms with Crippen LogP contribution >= 0.6 is 11.8 Å². The monoisotopic (exact) mass is 247 g/mol. The van der Waals surface area contributed by atoms with Gasteiger partial charge < -0.3 is 22.1 Å². The van der Waals surface area contributed by atoms with Crippen molar-refractivity contribution in [3.05, 3.63) is 0 Å². The largest absolute Gasteiger partial charge is 0.370 e. The lowest BCUT2D eigenvalue weighted by molar-refractivity contribution is -0.122. The maximum absolute atomic E-state index is 11.4. The van der Waals surface area contributed by atoms with Gasteiger partial charge in [0.15, 0.2) is 5.96 Å². The average molecular weight is 247 g/mol. The molecule has 0 aliphatic heterocycles. The van der Waals surface area contributed by atoms with Gasteiger partial charge in [-0.1, -0.05) is 0 Å². The van der Waals surface area contributed by atoms with Gasteiger partial charge in [-0.3, -0.25) is 10.2 Å². The summed E-state index contributed by atoms with van der Waals surface area (Å²) >= 11 is 1.68. The van der Waals surface area contributed by atoms with Crippen molar-refractivity contribution in [1.29, 1.82) is 5.41 Å². The van der Waals surface area contributed by atoms with Crippen LogP contribution in [0.2, 0.25) is 0 Å². The van der Waals surface area contributed by atoms with E-state index in [1.54, 1.807) is 11.8 Å². The molecular weight excluding hydrogens is 226 g/mol. The minimum atomic E-state index is -0.476. The van der Waals surface area contributed by atoms with Gasteiger partial charge in [-0.2, -0.15) is 11.8 Å². The Morgan fingerprint density at radius 1 is 1.44 bits per heavy atom. The van der Waals surface area contributed by atoms with Crippen LogP contribution in [0.15, 0.2) is 0 Å². The molecule has 0 saturated heterocycles. The fourth-order valence-electron chi connectivity index (χ4n) is 1.08. The molecule has 0 aromatic rings. The molecule has 6 nitrogen and oxygen atoms in total. The van der Waals surface area contributed by atoms with Crippen LogP contribution < -0.4 is 22.1 Å². The lowest BCUT2D eigenvalue weighted by atomic mass is 10.1. The van der Waals surface area contributed by atoms with E-state index in [0.717, 1.165) is 12.2 Å². The van der Waals surface area contributed by atoms with Gasteiger partial charge in [-0.25, -0.2) is 0 Å². The first-order chi connectivity index (χ1) is 7.57. The second-order valence-electron chi connectivity index (χ2n) is 3.37. The molecule has 0 heterocycles. The maximum atomic E-state index is 11.4. The summed E-state index contributed by atoms with van der Waals surface area (Å²) in [6.45, 7) is 1.22. The number of carbonyl (C=O) groups is 1. The van der Waals surface area contributed by atoms with Gasteiger partial charge >= 0.3 is 0 Å². The molecule has 0 aliphatic rings. The number of guanidine groups is 1. The van der Waals surface area contributed by atoms with Crippen molar-refractivity contribution in [1.82, 2.24) is 10.6 Å². The number of amides is 1. The Hall–Kier alpha value is -0.950. The minimum Gasteiger partial charge on any atom is -0.370 e. The van der Waals surface area contributed by atoms with Gasteiger partial charge in [0.1, 0.15) is 0 Å². The zero-order chi connectivity index (χ0) is 12.4. The first kappa shape index (κ1) is 15.0. The highest BCUT2D eigenvalue weighted by Gasteiger charge is 2.11. The van der Waals surface area contributed by atoms with Crippen LogP contribution in [0.4, 0.5) is 0 Å². The van der Waals surface area contributed by atoms with Gasteiger partial charge in [0.25, 0.3) is 0 Å². The standard InChI is InChI=1S/C9H21N5OS/c1-16-6-5-13-8(15)7(10)3-2-4-14-9(11)12/h7H,2-6,10H2,1H3,(H,13,15)(H4,11,12,14). The molecule has 16 heavy (non-hydrogen) atoms. The quantitative estimate of drug-likeness (QED) is 0.215. The molecule has 94 valence electrons. The van der Waals surface area contributed by atoms with Crippen LogP contribution in [0.3, 0.4) is 0 Å². The van der Waals surface area contributed by atoms with E-state index in [-0.39, 0.29) is 11.9 Å². The molecule has 1 atom stereocenters. The predicted octanol–water partition coefficient (Wildman–Crippen LogP) is -0.944. The van der Waals surface area contributed by atoms with Crippen LogP contribution in [0.25, 0.3) is 0 Å².